The molecule has 1 fully saturated rings. The molecule has 1 saturated heterocycles. The van der Waals surface area contributed by atoms with Crippen LogP contribution in [-0.2, 0) is 4.74 Å². The lowest BCUT2D eigenvalue weighted by molar-refractivity contribution is 0.00622. The van der Waals surface area contributed by atoms with Crippen molar-refractivity contribution in [2.45, 2.75) is 38.3 Å². The molecule has 9 heavy (non-hydrogen) atoms. The minimum atomic E-state index is 0.392. The Kier molecular flexibility index (Phi) is 2.49. The number of hydrogen-bond acceptors (Lipinski definition) is 2. The highest BCUT2D eigenvalue weighted by Crippen LogP contribution is 2.13. The van der Waals surface area contributed by atoms with Crippen LogP contribution in [0.4, 0.5) is 0 Å². The van der Waals surface area contributed by atoms with E-state index in [9.17, 15) is 0 Å². The molecule has 0 aliphatic carbocycles. The maximum absolute atomic E-state index is 5.72. The summed E-state index contributed by atoms with van der Waals surface area (Å²) in [6.07, 6.45) is 3.63. The second kappa shape index (κ2) is 3.18. The van der Waals surface area contributed by atoms with Crippen LogP contribution in [-0.4, -0.2) is 18.8 Å². The molecular formula is C7H15NO. The van der Waals surface area contributed by atoms with Gasteiger partial charge in [0.25, 0.3) is 0 Å². The summed E-state index contributed by atoms with van der Waals surface area (Å²) in [7, 11) is 0. The molecule has 0 aromatic heterocycles. The third-order valence-electron chi connectivity index (χ3n) is 1.86. The van der Waals surface area contributed by atoms with Gasteiger partial charge in [0.1, 0.15) is 0 Å². The van der Waals surface area contributed by atoms with Gasteiger partial charge in [-0.3, -0.25) is 0 Å². The largest absolute Gasteiger partial charge is 0.378 e. The molecule has 2 nitrogen and oxygen atoms in total. The summed E-state index contributed by atoms with van der Waals surface area (Å²) in [6.45, 7) is 3.00. The predicted molar refractivity (Wildman–Crippen MR) is 37.2 cm³/mol. The van der Waals surface area contributed by atoms with Gasteiger partial charge in [0.05, 0.1) is 6.10 Å². The zero-order valence-corrected chi connectivity index (χ0v) is 5.97. The first-order chi connectivity index (χ1) is 4.33. The first-order valence-electron chi connectivity index (χ1n) is 3.70. The second-order valence-electron chi connectivity index (χ2n) is 2.69. The molecule has 54 valence electrons. The van der Waals surface area contributed by atoms with Gasteiger partial charge >= 0.3 is 0 Å². The van der Waals surface area contributed by atoms with E-state index in [2.05, 4.69) is 6.92 Å². The molecule has 1 aliphatic heterocycles. The Balaban J connectivity index is 2.23. The van der Waals surface area contributed by atoms with Gasteiger partial charge in [0.2, 0.25) is 0 Å². The fraction of sp³-hybridized carbons (Fsp3) is 1.00. The van der Waals surface area contributed by atoms with Gasteiger partial charge in [0, 0.05) is 12.6 Å². The molecule has 0 unspecified atom stereocenters. The summed E-state index contributed by atoms with van der Waals surface area (Å²) in [5.41, 5.74) is 5.72. The van der Waals surface area contributed by atoms with Gasteiger partial charge < -0.3 is 10.5 Å². The van der Waals surface area contributed by atoms with Crippen LogP contribution in [0.2, 0.25) is 0 Å². The molecule has 0 saturated carbocycles. The smallest absolute Gasteiger partial charge is 0.0587 e. The van der Waals surface area contributed by atoms with Crippen molar-refractivity contribution in [3.05, 3.63) is 0 Å². The van der Waals surface area contributed by atoms with E-state index in [0.717, 1.165) is 25.9 Å². The van der Waals surface area contributed by atoms with Crippen LogP contribution >= 0.6 is 0 Å². The van der Waals surface area contributed by atoms with Gasteiger partial charge in [-0.05, 0) is 19.3 Å². The van der Waals surface area contributed by atoms with E-state index < -0.39 is 0 Å². The fourth-order valence-electron chi connectivity index (χ4n) is 1.19. The van der Waals surface area contributed by atoms with Gasteiger partial charge in [-0.25, -0.2) is 0 Å². The minimum absolute atomic E-state index is 0.392. The molecule has 0 bridgehead atoms. The van der Waals surface area contributed by atoms with Crippen LogP contribution in [0, 0.1) is 0 Å². The molecular weight excluding hydrogens is 114 g/mol. The van der Waals surface area contributed by atoms with Gasteiger partial charge in [-0.2, -0.15) is 0 Å². The minimum Gasteiger partial charge on any atom is -0.378 e. The summed E-state index contributed by atoms with van der Waals surface area (Å²) in [5, 5.41) is 0. The van der Waals surface area contributed by atoms with E-state index in [0.29, 0.717) is 12.1 Å². The molecule has 2 heteroatoms. The Morgan fingerprint density at radius 2 is 2.44 bits per heavy atom. The van der Waals surface area contributed by atoms with E-state index in [1.807, 2.05) is 0 Å². The van der Waals surface area contributed by atoms with Crippen LogP contribution in [0.5, 0.6) is 0 Å². The number of ether oxygens (including phenoxy) is 1. The number of hydrogen-bond donors (Lipinski definition) is 1. The van der Waals surface area contributed by atoms with Crippen LogP contribution in [0.3, 0.4) is 0 Å². The lowest BCUT2D eigenvalue weighted by Crippen LogP contribution is -2.34. The standard InChI is InChI=1S/C7H15NO/c1-2-7-5-6(8)3-4-9-7/h6-7H,2-5,8H2,1H3/t6-,7+/m0/s1. The van der Waals surface area contributed by atoms with Gasteiger partial charge in [-0.1, -0.05) is 6.92 Å². The van der Waals surface area contributed by atoms with Gasteiger partial charge in [-0.15, -0.1) is 0 Å². The van der Waals surface area contributed by atoms with Crippen molar-refractivity contribution in [2.75, 3.05) is 6.61 Å². The lowest BCUT2D eigenvalue weighted by atomic mass is 10.0. The predicted octanol–water partition coefficient (Wildman–Crippen LogP) is 0.903. The van der Waals surface area contributed by atoms with Crippen molar-refractivity contribution in [2.24, 2.45) is 5.73 Å². The Bertz CT molecular complexity index is 85.0. The molecule has 1 rings (SSSR count). The van der Waals surface area contributed by atoms with Crippen molar-refractivity contribution >= 4 is 0 Å². The van der Waals surface area contributed by atoms with Crippen LogP contribution in [0.1, 0.15) is 26.2 Å². The van der Waals surface area contributed by atoms with E-state index in [1.165, 1.54) is 0 Å². The van der Waals surface area contributed by atoms with Crippen molar-refractivity contribution in [1.29, 1.82) is 0 Å². The SMILES string of the molecule is CC[C@@H]1C[C@@H](N)CCO1. The number of nitrogens with two attached hydrogens (primary N) is 1. The summed E-state index contributed by atoms with van der Waals surface area (Å²) in [5.74, 6) is 0. The highest BCUT2D eigenvalue weighted by Gasteiger charge is 2.17. The average molecular weight is 129 g/mol. The quantitative estimate of drug-likeness (QED) is 0.571. The van der Waals surface area contributed by atoms with Crippen molar-refractivity contribution in [3.8, 4) is 0 Å². The molecule has 0 aromatic rings. The summed E-state index contributed by atoms with van der Waals surface area (Å²) in [6, 6.07) is 0.392. The molecule has 0 spiro atoms. The highest BCUT2D eigenvalue weighted by atomic mass is 16.5. The molecule has 2 N–H and O–H groups in total. The average Bonchev–Trinajstić information content (AvgIpc) is 1.88. The summed E-state index contributed by atoms with van der Waals surface area (Å²) >= 11 is 0. The molecule has 0 aromatic carbocycles. The van der Waals surface area contributed by atoms with E-state index in [4.69, 9.17) is 10.5 Å². The maximum Gasteiger partial charge on any atom is 0.0587 e. The molecule has 2 atom stereocenters. The Morgan fingerprint density at radius 3 is 2.89 bits per heavy atom. The van der Waals surface area contributed by atoms with Crippen LogP contribution in [0.25, 0.3) is 0 Å². The normalized spacial score (nSPS) is 36.7. The topological polar surface area (TPSA) is 35.2 Å². The maximum atomic E-state index is 5.72. The Morgan fingerprint density at radius 1 is 1.67 bits per heavy atom. The Labute approximate surface area is 56.4 Å². The van der Waals surface area contributed by atoms with Crippen molar-refractivity contribution < 1.29 is 4.74 Å². The Hall–Kier alpha value is -0.0800. The van der Waals surface area contributed by atoms with E-state index >= 15 is 0 Å². The third-order valence-corrected chi connectivity index (χ3v) is 1.86. The summed E-state index contributed by atoms with van der Waals surface area (Å²) < 4.78 is 5.42. The van der Waals surface area contributed by atoms with Gasteiger partial charge in [0.15, 0.2) is 0 Å². The first kappa shape index (κ1) is 7.03. The number of rotatable bonds is 1. The monoisotopic (exact) mass is 129 g/mol. The lowest BCUT2D eigenvalue weighted by Gasteiger charge is -2.25. The molecule has 1 aliphatic rings. The van der Waals surface area contributed by atoms with Crippen LogP contribution in [0.15, 0.2) is 0 Å². The van der Waals surface area contributed by atoms with E-state index in [1.54, 1.807) is 0 Å². The first-order valence-corrected chi connectivity index (χ1v) is 3.70. The fourth-order valence-corrected chi connectivity index (χ4v) is 1.19. The molecule has 1 heterocycles. The highest BCUT2D eigenvalue weighted by molar-refractivity contribution is 4.71. The van der Waals surface area contributed by atoms with Crippen LogP contribution < -0.4 is 5.73 Å². The molecule has 0 amide bonds. The van der Waals surface area contributed by atoms with Crippen molar-refractivity contribution in [3.63, 3.8) is 0 Å². The molecule has 0 radical (unpaired) electrons. The zero-order chi connectivity index (χ0) is 6.69. The van der Waals surface area contributed by atoms with Crippen molar-refractivity contribution in [1.82, 2.24) is 0 Å². The third kappa shape index (κ3) is 1.95. The zero-order valence-electron chi connectivity index (χ0n) is 5.97. The second-order valence-corrected chi connectivity index (χ2v) is 2.69. The summed E-state index contributed by atoms with van der Waals surface area (Å²) in [4.78, 5) is 0. The van der Waals surface area contributed by atoms with E-state index in [-0.39, 0.29) is 0 Å².